The molecule has 0 aromatic rings. The number of carbonyl (C=O) groups is 3. The Hall–Kier alpha value is -1.83. The van der Waals surface area contributed by atoms with Crippen molar-refractivity contribution < 1.29 is 24.2 Å². The van der Waals surface area contributed by atoms with E-state index < -0.39 is 12.0 Å². The van der Waals surface area contributed by atoms with Gasteiger partial charge in [0.05, 0.1) is 13.0 Å². The summed E-state index contributed by atoms with van der Waals surface area (Å²) in [6.07, 6.45) is 0.0546. The van der Waals surface area contributed by atoms with Gasteiger partial charge < -0.3 is 25.4 Å². The van der Waals surface area contributed by atoms with Crippen LogP contribution >= 0.6 is 0 Å². The van der Waals surface area contributed by atoms with Crippen LogP contribution in [0.25, 0.3) is 0 Å². The van der Waals surface area contributed by atoms with Crippen LogP contribution in [-0.2, 0) is 14.3 Å². The third-order valence-electron chi connectivity index (χ3n) is 2.86. The van der Waals surface area contributed by atoms with E-state index in [2.05, 4.69) is 10.6 Å². The summed E-state index contributed by atoms with van der Waals surface area (Å²) in [5.74, 6) is -1.12. The molecule has 0 saturated heterocycles. The standard InChI is InChI=1S/C13H25N3O5/c1-4-16(10(2)9-12(18)19)13(20)15-6-5-11(17)14-7-8-21-3/h10H,4-9H2,1-3H3,(H,14,17)(H,15,20)(H,18,19). The Balaban J connectivity index is 4.04. The van der Waals surface area contributed by atoms with E-state index in [0.29, 0.717) is 19.7 Å². The van der Waals surface area contributed by atoms with Crippen LogP contribution in [0.4, 0.5) is 4.79 Å². The van der Waals surface area contributed by atoms with E-state index in [1.54, 1.807) is 21.0 Å². The molecule has 0 aromatic carbocycles. The lowest BCUT2D eigenvalue weighted by Crippen LogP contribution is -2.46. The smallest absolute Gasteiger partial charge is 0.317 e. The molecule has 0 aromatic heterocycles. The summed E-state index contributed by atoms with van der Waals surface area (Å²) in [5.41, 5.74) is 0. The Labute approximate surface area is 124 Å². The minimum atomic E-state index is -0.953. The Morgan fingerprint density at radius 1 is 1.24 bits per heavy atom. The zero-order valence-electron chi connectivity index (χ0n) is 12.8. The van der Waals surface area contributed by atoms with E-state index in [1.165, 1.54) is 4.90 Å². The van der Waals surface area contributed by atoms with Gasteiger partial charge in [-0.2, -0.15) is 0 Å². The van der Waals surface area contributed by atoms with Gasteiger partial charge in [0.15, 0.2) is 0 Å². The van der Waals surface area contributed by atoms with Crippen LogP contribution in [0.5, 0.6) is 0 Å². The van der Waals surface area contributed by atoms with Crippen molar-refractivity contribution in [3.05, 3.63) is 0 Å². The second kappa shape index (κ2) is 10.9. The third-order valence-corrected chi connectivity index (χ3v) is 2.86. The van der Waals surface area contributed by atoms with Crippen molar-refractivity contribution >= 4 is 17.9 Å². The highest BCUT2D eigenvalue weighted by Gasteiger charge is 2.20. The average molecular weight is 303 g/mol. The number of nitrogens with one attached hydrogen (secondary N) is 2. The summed E-state index contributed by atoms with van der Waals surface area (Å²) < 4.78 is 4.80. The first kappa shape index (κ1) is 19.2. The van der Waals surface area contributed by atoms with Crippen LogP contribution in [0.1, 0.15) is 26.7 Å². The summed E-state index contributed by atoms with van der Waals surface area (Å²) in [6, 6.07) is -0.765. The van der Waals surface area contributed by atoms with Crippen molar-refractivity contribution in [3.8, 4) is 0 Å². The first-order valence-corrected chi connectivity index (χ1v) is 6.94. The van der Waals surface area contributed by atoms with Gasteiger partial charge in [-0.05, 0) is 13.8 Å². The number of urea groups is 1. The first-order chi connectivity index (χ1) is 9.92. The predicted molar refractivity (Wildman–Crippen MR) is 77.0 cm³/mol. The number of hydrogen-bond donors (Lipinski definition) is 3. The van der Waals surface area contributed by atoms with Gasteiger partial charge in [-0.15, -0.1) is 0 Å². The van der Waals surface area contributed by atoms with Crippen molar-refractivity contribution in [2.24, 2.45) is 0 Å². The van der Waals surface area contributed by atoms with E-state index in [9.17, 15) is 14.4 Å². The van der Waals surface area contributed by atoms with Gasteiger partial charge >= 0.3 is 12.0 Å². The summed E-state index contributed by atoms with van der Waals surface area (Å²) in [7, 11) is 1.55. The number of hydrogen-bond acceptors (Lipinski definition) is 4. The monoisotopic (exact) mass is 303 g/mol. The maximum atomic E-state index is 11.9. The van der Waals surface area contributed by atoms with E-state index in [-0.39, 0.29) is 31.3 Å². The number of carboxylic acids is 1. The number of ether oxygens (including phenoxy) is 1. The molecule has 1 atom stereocenters. The minimum absolute atomic E-state index is 0.112. The van der Waals surface area contributed by atoms with Crippen molar-refractivity contribution in [1.29, 1.82) is 0 Å². The lowest BCUT2D eigenvalue weighted by atomic mass is 10.2. The molecule has 0 saturated carbocycles. The van der Waals surface area contributed by atoms with Crippen LogP contribution in [0.3, 0.4) is 0 Å². The molecular weight excluding hydrogens is 278 g/mol. The molecule has 1 unspecified atom stereocenters. The molecule has 0 radical (unpaired) electrons. The number of carboxylic acid groups (broad SMARTS) is 1. The topological polar surface area (TPSA) is 108 Å². The molecule has 0 heterocycles. The predicted octanol–water partition coefficient (Wildman–Crippen LogP) is 0.0338. The maximum absolute atomic E-state index is 11.9. The molecule has 0 rings (SSSR count). The van der Waals surface area contributed by atoms with Gasteiger partial charge in [0, 0.05) is 39.2 Å². The number of amides is 3. The highest BCUT2D eigenvalue weighted by atomic mass is 16.5. The Morgan fingerprint density at radius 2 is 1.90 bits per heavy atom. The Kier molecular flexibility index (Phi) is 9.95. The number of nitrogens with zero attached hydrogens (tertiary/aromatic N) is 1. The van der Waals surface area contributed by atoms with Gasteiger partial charge in [0.2, 0.25) is 5.91 Å². The quantitative estimate of drug-likeness (QED) is 0.494. The molecular formula is C13H25N3O5. The van der Waals surface area contributed by atoms with Crippen molar-refractivity contribution in [2.45, 2.75) is 32.7 Å². The third kappa shape index (κ3) is 8.85. The SMILES string of the molecule is CCN(C(=O)NCCC(=O)NCCOC)C(C)CC(=O)O. The van der Waals surface area contributed by atoms with Gasteiger partial charge in [0.1, 0.15) is 0 Å². The zero-order valence-corrected chi connectivity index (χ0v) is 12.8. The lowest BCUT2D eigenvalue weighted by Gasteiger charge is -2.27. The van der Waals surface area contributed by atoms with Crippen LogP contribution in [0.2, 0.25) is 0 Å². The molecule has 21 heavy (non-hydrogen) atoms. The van der Waals surface area contributed by atoms with E-state index in [0.717, 1.165) is 0 Å². The fourth-order valence-corrected chi connectivity index (χ4v) is 1.78. The number of methoxy groups -OCH3 is 1. The number of aliphatic carboxylic acids is 1. The molecule has 8 nitrogen and oxygen atoms in total. The number of carbonyl (C=O) groups excluding carboxylic acids is 2. The van der Waals surface area contributed by atoms with E-state index in [1.807, 2.05) is 0 Å². The molecule has 0 aliphatic carbocycles. The molecule has 8 heteroatoms. The van der Waals surface area contributed by atoms with Crippen molar-refractivity contribution in [1.82, 2.24) is 15.5 Å². The second-order valence-corrected chi connectivity index (χ2v) is 4.56. The first-order valence-electron chi connectivity index (χ1n) is 6.94. The maximum Gasteiger partial charge on any atom is 0.317 e. The summed E-state index contributed by atoms with van der Waals surface area (Å²) in [5, 5.41) is 14.0. The number of rotatable bonds is 10. The second-order valence-electron chi connectivity index (χ2n) is 4.56. The van der Waals surface area contributed by atoms with Gasteiger partial charge in [0.25, 0.3) is 0 Å². The molecule has 122 valence electrons. The summed E-state index contributed by atoms with van der Waals surface area (Å²) in [6.45, 7) is 4.92. The van der Waals surface area contributed by atoms with E-state index >= 15 is 0 Å². The molecule has 3 amide bonds. The molecule has 3 N–H and O–H groups in total. The fourth-order valence-electron chi connectivity index (χ4n) is 1.78. The Morgan fingerprint density at radius 3 is 2.43 bits per heavy atom. The van der Waals surface area contributed by atoms with Crippen molar-refractivity contribution in [3.63, 3.8) is 0 Å². The fraction of sp³-hybridized carbons (Fsp3) is 0.769. The highest BCUT2D eigenvalue weighted by molar-refractivity contribution is 5.78. The van der Waals surface area contributed by atoms with Crippen LogP contribution < -0.4 is 10.6 Å². The van der Waals surface area contributed by atoms with Crippen LogP contribution in [0.15, 0.2) is 0 Å². The molecule has 0 aliphatic rings. The normalized spacial score (nSPS) is 11.6. The molecule has 0 spiro atoms. The highest BCUT2D eigenvalue weighted by Crippen LogP contribution is 2.04. The lowest BCUT2D eigenvalue weighted by molar-refractivity contribution is -0.138. The van der Waals surface area contributed by atoms with Gasteiger partial charge in [-0.1, -0.05) is 0 Å². The molecule has 0 bridgehead atoms. The molecule has 0 aliphatic heterocycles. The molecule has 0 fully saturated rings. The average Bonchev–Trinajstić information content (AvgIpc) is 2.39. The zero-order chi connectivity index (χ0) is 16.3. The van der Waals surface area contributed by atoms with Gasteiger partial charge in [-0.3, -0.25) is 9.59 Å². The Bertz CT molecular complexity index is 349. The van der Waals surface area contributed by atoms with E-state index in [4.69, 9.17) is 9.84 Å². The minimum Gasteiger partial charge on any atom is -0.481 e. The summed E-state index contributed by atoms with van der Waals surface area (Å²) >= 11 is 0. The van der Waals surface area contributed by atoms with Crippen LogP contribution in [-0.4, -0.2) is 67.3 Å². The van der Waals surface area contributed by atoms with Crippen LogP contribution in [0, 0.1) is 0 Å². The van der Waals surface area contributed by atoms with Gasteiger partial charge in [-0.25, -0.2) is 4.79 Å². The summed E-state index contributed by atoms with van der Waals surface area (Å²) in [4.78, 5) is 35.4. The van der Waals surface area contributed by atoms with Crippen molar-refractivity contribution in [2.75, 3.05) is 33.4 Å². The largest absolute Gasteiger partial charge is 0.481 e.